The molecule has 0 fully saturated rings. The molecule has 1 N–H and O–H groups in total. The average Bonchev–Trinajstić information content (AvgIpc) is 2.32. The lowest BCUT2D eigenvalue weighted by molar-refractivity contribution is -0.137. The van der Waals surface area contributed by atoms with Crippen molar-refractivity contribution in [3.63, 3.8) is 0 Å². The molecule has 0 aliphatic heterocycles. The third-order valence-electron chi connectivity index (χ3n) is 3.07. The van der Waals surface area contributed by atoms with Crippen molar-refractivity contribution in [1.29, 1.82) is 0 Å². The van der Waals surface area contributed by atoms with Gasteiger partial charge in [-0.25, -0.2) is 0 Å². The number of nitrogens with zero attached hydrogens (tertiary/aromatic N) is 1. The van der Waals surface area contributed by atoms with Gasteiger partial charge >= 0.3 is 5.97 Å². The third-order valence-corrected chi connectivity index (χ3v) is 5.06. The summed E-state index contributed by atoms with van der Waals surface area (Å²) in [4.78, 5) is 24.3. The van der Waals surface area contributed by atoms with E-state index in [1.807, 2.05) is 19.9 Å². The maximum atomic E-state index is 11.8. The number of amides is 1. The molecular formula is C14H17I2NO3. The van der Waals surface area contributed by atoms with E-state index < -0.39 is 5.97 Å². The Morgan fingerprint density at radius 2 is 1.95 bits per heavy atom. The Kier molecular flexibility index (Phi) is 6.70. The first-order valence-electron chi connectivity index (χ1n) is 6.26. The molecule has 1 amide bonds. The predicted molar refractivity (Wildman–Crippen MR) is 96.3 cm³/mol. The van der Waals surface area contributed by atoms with E-state index in [9.17, 15) is 9.59 Å². The van der Waals surface area contributed by atoms with Crippen molar-refractivity contribution >= 4 is 62.7 Å². The fraction of sp³-hybridized carbons (Fsp3) is 0.429. The Labute approximate surface area is 146 Å². The highest BCUT2D eigenvalue weighted by Gasteiger charge is 2.20. The van der Waals surface area contributed by atoms with Crippen molar-refractivity contribution in [1.82, 2.24) is 0 Å². The lowest BCUT2D eigenvalue weighted by Crippen LogP contribution is -2.30. The number of rotatable bonds is 5. The van der Waals surface area contributed by atoms with E-state index in [2.05, 4.69) is 45.2 Å². The lowest BCUT2D eigenvalue weighted by atomic mass is 10.0. The molecular weight excluding hydrogens is 484 g/mol. The normalized spacial score (nSPS) is 10.4. The fourth-order valence-corrected chi connectivity index (χ4v) is 4.91. The second-order valence-electron chi connectivity index (χ2n) is 4.47. The van der Waals surface area contributed by atoms with Crippen LogP contribution in [0.2, 0.25) is 0 Å². The molecule has 20 heavy (non-hydrogen) atoms. The van der Waals surface area contributed by atoms with E-state index in [1.165, 1.54) is 0 Å². The first kappa shape index (κ1) is 17.7. The first-order valence-corrected chi connectivity index (χ1v) is 8.42. The SMILES string of the molecule is CCN(C(C)=O)c1c(I)cc(C)c(CCC(=O)O)c1I. The highest BCUT2D eigenvalue weighted by atomic mass is 127. The summed E-state index contributed by atoms with van der Waals surface area (Å²) in [7, 11) is 0. The quantitative estimate of drug-likeness (QED) is 0.628. The van der Waals surface area contributed by atoms with E-state index in [-0.39, 0.29) is 12.3 Å². The van der Waals surface area contributed by atoms with Crippen LogP contribution in [0.1, 0.15) is 31.4 Å². The zero-order valence-electron chi connectivity index (χ0n) is 11.7. The molecule has 110 valence electrons. The molecule has 0 saturated carbocycles. The topological polar surface area (TPSA) is 57.6 Å². The van der Waals surface area contributed by atoms with Crippen LogP contribution in [0.3, 0.4) is 0 Å². The van der Waals surface area contributed by atoms with Crippen LogP contribution in [0.4, 0.5) is 5.69 Å². The average molecular weight is 501 g/mol. The summed E-state index contributed by atoms with van der Waals surface area (Å²) < 4.78 is 1.99. The molecule has 6 heteroatoms. The number of aliphatic carboxylic acids is 1. The Hall–Kier alpha value is -0.380. The number of anilines is 1. The zero-order valence-corrected chi connectivity index (χ0v) is 16.0. The van der Waals surface area contributed by atoms with Gasteiger partial charge in [-0.3, -0.25) is 9.59 Å². The van der Waals surface area contributed by atoms with Crippen LogP contribution in [0.15, 0.2) is 6.07 Å². The monoisotopic (exact) mass is 501 g/mol. The Morgan fingerprint density at radius 3 is 2.40 bits per heavy atom. The summed E-state index contributed by atoms with van der Waals surface area (Å²) >= 11 is 4.45. The van der Waals surface area contributed by atoms with E-state index in [0.717, 1.165) is 24.0 Å². The van der Waals surface area contributed by atoms with E-state index in [1.54, 1.807) is 11.8 Å². The summed E-state index contributed by atoms with van der Waals surface area (Å²) in [6.07, 6.45) is 0.585. The molecule has 1 aromatic rings. The molecule has 4 nitrogen and oxygen atoms in total. The van der Waals surface area contributed by atoms with Crippen LogP contribution in [-0.2, 0) is 16.0 Å². The highest BCUT2D eigenvalue weighted by molar-refractivity contribution is 14.1. The van der Waals surface area contributed by atoms with Crippen LogP contribution >= 0.6 is 45.2 Å². The number of carbonyl (C=O) groups excluding carboxylic acids is 1. The lowest BCUT2D eigenvalue weighted by Gasteiger charge is -2.24. The van der Waals surface area contributed by atoms with Gasteiger partial charge in [-0.05, 0) is 82.6 Å². The number of benzene rings is 1. The first-order chi connectivity index (χ1) is 9.29. The third kappa shape index (κ3) is 4.06. The summed E-state index contributed by atoms with van der Waals surface area (Å²) in [5, 5.41) is 8.86. The van der Waals surface area contributed by atoms with Crippen molar-refractivity contribution in [2.45, 2.75) is 33.6 Å². The van der Waals surface area contributed by atoms with Gasteiger partial charge in [-0.15, -0.1) is 0 Å². The number of halogens is 2. The molecule has 0 radical (unpaired) electrons. The Morgan fingerprint density at radius 1 is 1.35 bits per heavy atom. The maximum Gasteiger partial charge on any atom is 0.303 e. The Balaban J connectivity index is 3.34. The molecule has 0 unspecified atom stereocenters. The minimum atomic E-state index is -0.806. The van der Waals surface area contributed by atoms with Crippen molar-refractivity contribution in [2.75, 3.05) is 11.4 Å². The highest BCUT2D eigenvalue weighted by Crippen LogP contribution is 2.34. The van der Waals surface area contributed by atoms with Crippen LogP contribution in [0, 0.1) is 14.1 Å². The summed E-state index contributed by atoms with van der Waals surface area (Å²) in [6.45, 7) is 6.06. The van der Waals surface area contributed by atoms with Gasteiger partial charge in [0.05, 0.1) is 5.69 Å². The molecule has 0 aliphatic rings. The van der Waals surface area contributed by atoms with E-state index in [4.69, 9.17) is 5.11 Å². The maximum absolute atomic E-state index is 11.8. The Bertz CT molecular complexity index is 544. The van der Waals surface area contributed by atoms with Gasteiger partial charge in [0.1, 0.15) is 0 Å². The number of carboxylic acid groups (broad SMARTS) is 1. The van der Waals surface area contributed by atoms with Gasteiger partial charge in [0.15, 0.2) is 0 Å². The van der Waals surface area contributed by atoms with Crippen LogP contribution in [0.25, 0.3) is 0 Å². The number of carboxylic acids is 1. The zero-order chi connectivity index (χ0) is 15.4. The van der Waals surface area contributed by atoms with Crippen LogP contribution < -0.4 is 4.90 Å². The van der Waals surface area contributed by atoms with Gasteiger partial charge in [-0.2, -0.15) is 0 Å². The van der Waals surface area contributed by atoms with Crippen molar-refractivity contribution < 1.29 is 14.7 Å². The molecule has 0 atom stereocenters. The minimum absolute atomic E-state index is 0.00336. The van der Waals surface area contributed by atoms with Gasteiger partial charge in [-0.1, -0.05) is 0 Å². The van der Waals surface area contributed by atoms with E-state index in [0.29, 0.717) is 13.0 Å². The van der Waals surface area contributed by atoms with Gasteiger partial charge in [0.2, 0.25) is 5.91 Å². The molecule has 0 saturated heterocycles. The van der Waals surface area contributed by atoms with E-state index >= 15 is 0 Å². The number of aryl methyl sites for hydroxylation is 1. The second-order valence-corrected chi connectivity index (χ2v) is 6.71. The van der Waals surface area contributed by atoms with Crippen molar-refractivity contribution in [2.24, 2.45) is 0 Å². The number of hydrogen-bond donors (Lipinski definition) is 1. The number of carbonyl (C=O) groups is 2. The summed E-state index contributed by atoms with van der Waals surface area (Å²) in [6, 6.07) is 2.01. The standard InChI is InChI=1S/C14H17I2NO3/c1-4-17(9(3)18)14-11(15)7-8(2)10(13(14)16)5-6-12(19)20/h7H,4-6H2,1-3H3,(H,19,20). The van der Waals surface area contributed by atoms with Crippen LogP contribution in [0.5, 0.6) is 0 Å². The fourth-order valence-electron chi connectivity index (χ4n) is 2.09. The van der Waals surface area contributed by atoms with Crippen LogP contribution in [-0.4, -0.2) is 23.5 Å². The molecule has 0 aromatic heterocycles. The van der Waals surface area contributed by atoms with Gasteiger partial charge in [0.25, 0.3) is 0 Å². The smallest absolute Gasteiger partial charge is 0.303 e. The molecule has 0 heterocycles. The molecule has 0 aliphatic carbocycles. The molecule has 0 spiro atoms. The van der Waals surface area contributed by atoms with Crippen molar-refractivity contribution in [3.05, 3.63) is 24.3 Å². The molecule has 1 rings (SSSR count). The van der Waals surface area contributed by atoms with Crippen molar-refractivity contribution in [3.8, 4) is 0 Å². The predicted octanol–water partition coefficient (Wildman–Crippen LogP) is 3.59. The second kappa shape index (κ2) is 7.58. The summed E-state index contributed by atoms with van der Waals surface area (Å²) in [5.41, 5.74) is 2.98. The largest absolute Gasteiger partial charge is 0.481 e. The molecule has 1 aromatic carbocycles. The summed E-state index contributed by atoms with van der Waals surface area (Å²) in [5.74, 6) is -0.810. The van der Waals surface area contributed by atoms with Gasteiger partial charge in [0, 0.05) is 27.0 Å². The minimum Gasteiger partial charge on any atom is -0.481 e. The van der Waals surface area contributed by atoms with Gasteiger partial charge < -0.3 is 10.0 Å². The molecule has 0 bridgehead atoms. The number of hydrogen-bond acceptors (Lipinski definition) is 2.